The number of rotatable bonds is 1. The summed E-state index contributed by atoms with van der Waals surface area (Å²) in [7, 11) is 0. The topological polar surface area (TPSA) is 26.0 Å². The average molecular weight is 136 g/mol. The van der Waals surface area contributed by atoms with E-state index in [-0.39, 0.29) is 0 Å². The molecule has 2 heteroatoms. The summed E-state index contributed by atoms with van der Waals surface area (Å²) in [5.74, 6) is 0. The van der Waals surface area contributed by atoms with Crippen LogP contribution in [0.4, 0.5) is 5.69 Å². The van der Waals surface area contributed by atoms with Gasteiger partial charge in [0.05, 0.1) is 0 Å². The first-order valence-electron chi connectivity index (χ1n) is 2.57. The van der Waals surface area contributed by atoms with Crippen LogP contribution in [0.15, 0.2) is 24.3 Å². The SMILES string of the molecule is Nc1ccccc1[C-]=S. The standard InChI is InChI=1S/C7H6NS/c8-7-4-2-1-3-6(7)5-9/h1-4H,8H2/q-1. The van der Waals surface area contributed by atoms with Crippen molar-refractivity contribution in [2.24, 2.45) is 0 Å². The van der Waals surface area contributed by atoms with Crippen LogP contribution >= 0.6 is 12.2 Å². The second-order valence-electron chi connectivity index (χ2n) is 1.69. The molecule has 0 amide bonds. The molecule has 1 aromatic carbocycles. The molecule has 0 fully saturated rings. The molecule has 46 valence electrons. The monoisotopic (exact) mass is 136 g/mol. The van der Waals surface area contributed by atoms with Crippen LogP contribution in [0.3, 0.4) is 0 Å². The van der Waals surface area contributed by atoms with Crippen molar-refractivity contribution in [2.75, 3.05) is 5.73 Å². The average Bonchev–Trinajstić information content (AvgIpc) is 1.89. The van der Waals surface area contributed by atoms with E-state index in [0.29, 0.717) is 5.69 Å². The van der Waals surface area contributed by atoms with E-state index in [9.17, 15) is 0 Å². The summed E-state index contributed by atoms with van der Waals surface area (Å²) in [5.41, 5.74) is 6.99. The number of para-hydroxylation sites is 1. The van der Waals surface area contributed by atoms with Crippen molar-refractivity contribution in [3.8, 4) is 0 Å². The van der Waals surface area contributed by atoms with Gasteiger partial charge in [0, 0.05) is 0 Å². The van der Waals surface area contributed by atoms with E-state index in [4.69, 9.17) is 5.73 Å². The molecule has 0 saturated carbocycles. The molecule has 0 aromatic heterocycles. The Bertz CT molecular complexity index is 220. The number of thiocarbonyl (C=S) groups is 1. The van der Waals surface area contributed by atoms with Crippen LogP contribution in [-0.2, 0) is 0 Å². The fourth-order valence-electron chi connectivity index (χ4n) is 0.590. The number of nitrogens with two attached hydrogens (primary N) is 1. The van der Waals surface area contributed by atoms with Gasteiger partial charge in [0.1, 0.15) is 0 Å². The molecule has 0 bridgehead atoms. The fraction of sp³-hybridized carbons (Fsp3) is 0. The summed E-state index contributed by atoms with van der Waals surface area (Å²) in [6, 6.07) is 7.38. The molecule has 0 saturated heterocycles. The first-order valence-corrected chi connectivity index (χ1v) is 2.98. The first kappa shape index (κ1) is 6.23. The third-order valence-corrected chi connectivity index (χ3v) is 1.29. The lowest BCUT2D eigenvalue weighted by Gasteiger charge is -2.05. The van der Waals surface area contributed by atoms with Crippen molar-refractivity contribution in [2.45, 2.75) is 0 Å². The van der Waals surface area contributed by atoms with E-state index in [1.54, 1.807) is 6.07 Å². The van der Waals surface area contributed by atoms with Gasteiger partial charge < -0.3 is 5.73 Å². The van der Waals surface area contributed by atoms with Gasteiger partial charge in [-0.2, -0.15) is 23.8 Å². The van der Waals surface area contributed by atoms with Crippen molar-refractivity contribution < 1.29 is 0 Å². The summed E-state index contributed by atoms with van der Waals surface area (Å²) in [6.45, 7) is 0. The lowest BCUT2D eigenvalue weighted by atomic mass is 10.2. The maximum absolute atomic E-state index is 5.50. The number of hydrogen-bond acceptors (Lipinski definition) is 2. The molecule has 0 aliphatic carbocycles. The van der Waals surface area contributed by atoms with Crippen LogP contribution in [0.2, 0.25) is 0 Å². The highest BCUT2D eigenvalue weighted by molar-refractivity contribution is 7.79. The number of anilines is 1. The zero-order valence-electron chi connectivity index (χ0n) is 4.79. The van der Waals surface area contributed by atoms with E-state index < -0.39 is 0 Å². The Kier molecular flexibility index (Phi) is 1.80. The summed E-state index contributed by atoms with van der Waals surface area (Å²) in [5, 5.41) is 2.55. The highest BCUT2D eigenvalue weighted by Gasteiger charge is 1.77. The summed E-state index contributed by atoms with van der Waals surface area (Å²) < 4.78 is 0. The summed E-state index contributed by atoms with van der Waals surface area (Å²) in [6.07, 6.45) is 0. The largest absolute Gasteiger partial charge is 0.449 e. The molecule has 0 spiro atoms. The smallest absolute Gasteiger partial charge is 0.0712 e. The molecule has 9 heavy (non-hydrogen) atoms. The first-order chi connectivity index (χ1) is 4.34. The van der Waals surface area contributed by atoms with Crippen LogP contribution < -0.4 is 5.73 Å². The Labute approximate surface area is 59.5 Å². The quantitative estimate of drug-likeness (QED) is 0.359. The predicted octanol–water partition coefficient (Wildman–Crippen LogP) is 1.49. The Morgan fingerprint density at radius 2 is 2.00 bits per heavy atom. The predicted molar refractivity (Wildman–Crippen MR) is 42.6 cm³/mol. The van der Waals surface area contributed by atoms with Gasteiger partial charge in [0.15, 0.2) is 0 Å². The summed E-state index contributed by atoms with van der Waals surface area (Å²) >= 11 is 4.58. The molecule has 1 rings (SSSR count). The third-order valence-electron chi connectivity index (χ3n) is 1.07. The van der Waals surface area contributed by atoms with E-state index in [2.05, 4.69) is 17.6 Å². The van der Waals surface area contributed by atoms with Crippen LogP contribution in [-0.4, -0.2) is 5.37 Å². The maximum atomic E-state index is 5.50. The van der Waals surface area contributed by atoms with Crippen LogP contribution in [0.25, 0.3) is 0 Å². The van der Waals surface area contributed by atoms with Gasteiger partial charge in [0.2, 0.25) is 0 Å². The Hall–Kier alpha value is -0.890. The molecule has 0 aliphatic heterocycles. The van der Waals surface area contributed by atoms with Crippen molar-refractivity contribution in [3.05, 3.63) is 29.8 Å². The zero-order chi connectivity index (χ0) is 6.69. The zero-order valence-corrected chi connectivity index (χ0v) is 5.61. The molecule has 1 nitrogen and oxygen atoms in total. The van der Waals surface area contributed by atoms with Gasteiger partial charge in [-0.3, -0.25) is 0 Å². The van der Waals surface area contributed by atoms with Crippen molar-refractivity contribution in [3.63, 3.8) is 0 Å². The molecule has 0 atom stereocenters. The van der Waals surface area contributed by atoms with Gasteiger partial charge in [-0.1, -0.05) is 17.8 Å². The lowest BCUT2D eigenvalue weighted by Crippen LogP contribution is -1.89. The van der Waals surface area contributed by atoms with Gasteiger partial charge in [-0.15, -0.1) is 11.4 Å². The lowest BCUT2D eigenvalue weighted by molar-refractivity contribution is 1.66. The molecular formula is C7H6NS-. The number of hydrogen-bond donors (Lipinski definition) is 1. The second-order valence-corrected chi connectivity index (χ2v) is 1.89. The summed E-state index contributed by atoms with van der Waals surface area (Å²) in [4.78, 5) is 0. The molecule has 0 radical (unpaired) electrons. The van der Waals surface area contributed by atoms with Gasteiger partial charge >= 0.3 is 0 Å². The second kappa shape index (κ2) is 2.60. The molecule has 1 aromatic rings. The highest BCUT2D eigenvalue weighted by atomic mass is 32.1. The third kappa shape index (κ3) is 1.27. The normalized spacial score (nSPS) is 8.89. The fourth-order valence-corrected chi connectivity index (χ4v) is 0.776. The van der Waals surface area contributed by atoms with E-state index in [0.717, 1.165) is 5.56 Å². The van der Waals surface area contributed by atoms with Crippen molar-refractivity contribution >= 4 is 23.3 Å². The number of benzene rings is 1. The molecule has 2 N–H and O–H groups in total. The Morgan fingerprint density at radius 3 is 2.44 bits per heavy atom. The van der Waals surface area contributed by atoms with E-state index in [1.165, 1.54) is 0 Å². The minimum Gasteiger partial charge on any atom is -0.449 e. The molecule has 0 unspecified atom stereocenters. The molecule has 0 heterocycles. The molecular weight excluding hydrogens is 130 g/mol. The minimum atomic E-state index is 0.688. The van der Waals surface area contributed by atoms with Gasteiger partial charge in [-0.05, 0) is 0 Å². The van der Waals surface area contributed by atoms with Gasteiger partial charge in [0.25, 0.3) is 0 Å². The highest BCUT2D eigenvalue weighted by Crippen LogP contribution is 2.06. The maximum Gasteiger partial charge on any atom is -0.0712 e. The number of nitrogen functional groups attached to an aromatic ring is 1. The molecule has 0 aliphatic rings. The Morgan fingerprint density at radius 1 is 1.33 bits per heavy atom. The van der Waals surface area contributed by atoms with E-state index >= 15 is 0 Å². The minimum absolute atomic E-state index is 0.688. The van der Waals surface area contributed by atoms with Crippen LogP contribution in [0.5, 0.6) is 0 Å². The van der Waals surface area contributed by atoms with Crippen molar-refractivity contribution in [1.29, 1.82) is 0 Å². The van der Waals surface area contributed by atoms with E-state index in [1.807, 2.05) is 18.2 Å². The van der Waals surface area contributed by atoms with Gasteiger partial charge in [-0.25, -0.2) is 0 Å². The Balaban J connectivity index is 3.15. The van der Waals surface area contributed by atoms with Crippen LogP contribution in [0, 0.1) is 0 Å². The van der Waals surface area contributed by atoms with Crippen molar-refractivity contribution in [1.82, 2.24) is 0 Å². The van der Waals surface area contributed by atoms with Crippen LogP contribution in [0.1, 0.15) is 5.56 Å².